The van der Waals surface area contributed by atoms with Crippen LogP contribution in [0.1, 0.15) is 40.0 Å². The molecule has 0 unspecified atom stereocenters. The van der Waals surface area contributed by atoms with Gasteiger partial charge in [-0.15, -0.1) is 0 Å². The number of hydrogen-bond acceptors (Lipinski definition) is 3. The summed E-state index contributed by atoms with van der Waals surface area (Å²) in [5, 5.41) is 15.3. The molecule has 2 amide bonds. The molecule has 1 heterocycles. The molecule has 0 radical (unpaired) electrons. The predicted octanol–water partition coefficient (Wildman–Crippen LogP) is 2.75. The molecule has 0 aliphatic carbocycles. The predicted molar refractivity (Wildman–Crippen MR) is 98.3 cm³/mol. The van der Waals surface area contributed by atoms with E-state index in [0.29, 0.717) is 6.42 Å². The lowest BCUT2D eigenvalue weighted by molar-refractivity contribution is 0.186. The van der Waals surface area contributed by atoms with Crippen molar-refractivity contribution >= 4 is 11.7 Å². The van der Waals surface area contributed by atoms with Crippen molar-refractivity contribution < 1.29 is 9.90 Å². The van der Waals surface area contributed by atoms with E-state index >= 15 is 0 Å². The van der Waals surface area contributed by atoms with E-state index in [0.717, 1.165) is 25.9 Å². The molecule has 1 atom stereocenters. The second-order valence-electron chi connectivity index (χ2n) is 7.65. The summed E-state index contributed by atoms with van der Waals surface area (Å²) < 4.78 is 0. The van der Waals surface area contributed by atoms with Crippen LogP contribution in [-0.2, 0) is 0 Å². The second-order valence-corrected chi connectivity index (χ2v) is 7.65. The van der Waals surface area contributed by atoms with Crippen LogP contribution in [0.5, 0.6) is 0 Å². The minimum absolute atomic E-state index is 0.0353. The van der Waals surface area contributed by atoms with E-state index in [1.807, 2.05) is 6.07 Å². The summed E-state index contributed by atoms with van der Waals surface area (Å²) in [6.07, 6.45) is 2.47. The highest BCUT2D eigenvalue weighted by atomic mass is 16.3. The van der Waals surface area contributed by atoms with Crippen molar-refractivity contribution in [3.8, 4) is 0 Å². The molecule has 24 heavy (non-hydrogen) atoms. The summed E-state index contributed by atoms with van der Waals surface area (Å²) in [6, 6.07) is 10.4. The third kappa shape index (κ3) is 5.41. The monoisotopic (exact) mass is 333 g/mol. The Morgan fingerprint density at radius 1 is 1.25 bits per heavy atom. The summed E-state index contributed by atoms with van der Waals surface area (Å²) in [5.74, 6) is 0. The highest BCUT2D eigenvalue weighted by molar-refractivity contribution is 5.74. The van der Waals surface area contributed by atoms with Crippen LogP contribution >= 0.6 is 0 Å². The largest absolute Gasteiger partial charge is 0.396 e. The maximum Gasteiger partial charge on any atom is 0.315 e. The first-order valence-electron chi connectivity index (χ1n) is 8.88. The van der Waals surface area contributed by atoms with Crippen LogP contribution in [0.4, 0.5) is 10.5 Å². The maximum atomic E-state index is 12.3. The van der Waals surface area contributed by atoms with Crippen LogP contribution in [0, 0.1) is 5.41 Å². The molecule has 1 aliphatic rings. The van der Waals surface area contributed by atoms with E-state index in [2.05, 4.69) is 60.6 Å². The third-order valence-corrected chi connectivity index (χ3v) is 4.72. The molecule has 0 bridgehead atoms. The number of nitrogens with one attached hydrogen (secondary N) is 2. The van der Waals surface area contributed by atoms with Crippen molar-refractivity contribution in [1.82, 2.24) is 10.6 Å². The number of carbonyl (C=O) groups excluding carboxylic acids is 1. The van der Waals surface area contributed by atoms with Gasteiger partial charge in [-0.05, 0) is 36.8 Å². The quantitative estimate of drug-likeness (QED) is 0.776. The minimum Gasteiger partial charge on any atom is -0.396 e. The number of benzene rings is 1. The van der Waals surface area contributed by atoms with Crippen LogP contribution in [0.15, 0.2) is 30.3 Å². The van der Waals surface area contributed by atoms with E-state index < -0.39 is 0 Å². The number of nitrogens with zero attached hydrogens (tertiary/aromatic N) is 1. The Hall–Kier alpha value is -1.75. The van der Waals surface area contributed by atoms with Gasteiger partial charge >= 0.3 is 6.03 Å². The molecule has 0 saturated carbocycles. The molecule has 0 spiro atoms. The van der Waals surface area contributed by atoms with Gasteiger partial charge in [0.05, 0.1) is 0 Å². The third-order valence-electron chi connectivity index (χ3n) is 4.72. The Morgan fingerprint density at radius 3 is 2.42 bits per heavy atom. The van der Waals surface area contributed by atoms with E-state index in [9.17, 15) is 9.90 Å². The van der Waals surface area contributed by atoms with Crippen molar-refractivity contribution in [2.45, 2.75) is 52.1 Å². The lowest BCUT2D eigenvalue weighted by Crippen LogP contribution is -2.53. The average molecular weight is 333 g/mol. The molecule has 1 aliphatic heterocycles. The summed E-state index contributed by atoms with van der Waals surface area (Å²) in [7, 11) is 0. The Labute approximate surface area is 145 Å². The summed E-state index contributed by atoms with van der Waals surface area (Å²) in [6.45, 7) is 8.21. The zero-order chi connectivity index (χ0) is 17.6. The fourth-order valence-corrected chi connectivity index (χ4v) is 3.16. The topological polar surface area (TPSA) is 64.6 Å². The van der Waals surface area contributed by atoms with Gasteiger partial charge < -0.3 is 20.6 Å². The number of aliphatic hydroxyl groups is 1. The number of urea groups is 1. The number of carbonyl (C=O) groups is 1. The SMILES string of the molecule is CC(C)(C)[C@H](CCO)NC(=O)NC1CCN(c2ccccc2)CC1. The molecular weight excluding hydrogens is 302 g/mol. The Bertz CT molecular complexity index is 505. The van der Waals surface area contributed by atoms with E-state index in [4.69, 9.17) is 0 Å². The van der Waals surface area contributed by atoms with Gasteiger partial charge in [-0.2, -0.15) is 0 Å². The highest BCUT2D eigenvalue weighted by Crippen LogP contribution is 2.22. The normalized spacial score (nSPS) is 17.4. The van der Waals surface area contributed by atoms with Gasteiger partial charge in [0, 0.05) is 37.5 Å². The fourth-order valence-electron chi connectivity index (χ4n) is 3.16. The zero-order valence-corrected chi connectivity index (χ0v) is 15.1. The lowest BCUT2D eigenvalue weighted by Gasteiger charge is -2.35. The number of aliphatic hydroxyl groups excluding tert-OH is 1. The Balaban J connectivity index is 1.79. The molecule has 1 aromatic carbocycles. The van der Waals surface area contributed by atoms with Gasteiger partial charge in [-0.25, -0.2) is 4.79 Å². The van der Waals surface area contributed by atoms with Crippen LogP contribution in [0.2, 0.25) is 0 Å². The van der Waals surface area contributed by atoms with Crippen molar-refractivity contribution in [2.24, 2.45) is 5.41 Å². The first-order chi connectivity index (χ1) is 11.4. The van der Waals surface area contributed by atoms with Gasteiger partial charge in [0.1, 0.15) is 0 Å². The Kier molecular flexibility index (Phi) is 6.49. The Morgan fingerprint density at radius 2 is 1.88 bits per heavy atom. The standard InChI is InChI=1S/C19H31N3O2/c1-19(2,3)17(11-14-23)21-18(24)20-15-9-12-22(13-10-15)16-7-5-4-6-8-16/h4-8,15,17,23H,9-14H2,1-3H3,(H2,20,21,24)/t17-/m0/s1. The number of para-hydroxylation sites is 1. The van der Waals surface area contributed by atoms with Crippen molar-refractivity contribution in [2.75, 3.05) is 24.6 Å². The summed E-state index contributed by atoms with van der Waals surface area (Å²) in [4.78, 5) is 14.6. The smallest absolute Gasteiger partial charge is 0.315 e. The summed E-state index contributed by atoms with van der Waals surface area (Å²) >= 11 is 0. The second kappa shape index (κ2) is 8.38. The maximum absolute atomic E-state index is 12.3. The fraction of sp³-hybridized carbons (Fsp3) is 0.632. The van der Waals surface area contributed by atoms with Crippen molar-refractivity contribution in [3.05, 3.63) is 30.3 Å². The summed E-state index contributed by atoms with van der Waals surface area (Å²) in [5.41, 5.74) is 1.17. The first-order valence-corrected chi connectivity index (χ1v) is 8.88. The van der Waals surface area contributed by atoms with E-state index in [1.54, 1.807) is 0 Å². The van der Waals surface area contributed by atoms with Crippen LogP contribution in [0.25, 0.3) is 0 Å². The molecule has 5 nitrogen and oxygen atoms in total. The highest BCUT2D eigenvalue weighted by Gasteiger charge is 2.27. The van der Waals surface area contributed by atoms with Crippen LogP contribution in [0.3, 0.4) is 0 Å². The van der Waals surface area contributed by atoms with Crippen LogP contribution in [-0.4, -0.2) is 42.9 Å². The number of hydrogen-bond donors (Lipinski definition) is 3. The van der Waals surface area contributed by atoms with E-state index in [-0.39, 0.29) is 30.1 Å². The number of rotatable bonds is 5. The molecule has 0 aromatic heterocycles. The van der Waals surface area contributed by atoms with Crippen LogP contribution < -0.4 is 15.5 Å². The van der Waals surface area contributed by atoms with Gasteiger partial charge in [-0.3, -0.25) is 0 Å². The van der Waals surface area contributed by atoms with Gasteiger partial charge in [0.15, 0.2) is 0 Å². The molecule has 134 valence electrons. The minimum atomic E-state index is -0.124. The first kappa shape index (κ1) is 18.6. The van der Waals surface area contributed by atoms with E-state index in [1.165, 1.54) is 5.69 Å². The molecule has 2 rings (SSSR count). The molecule has 1 fully saturated rings. The van der Waals surface area contributed by atoms with Crippen molar-refractivity contribution in [1.29, 1.82) is 0 Å². The van der Waals surface area contributed by atoms with Gasteiger partial charge in [0.2, 0.25) is 0 Å². The average Bonchev–Trinajstić information content (AvgIpc) is 2.55. The van der Waals surface area contributed by atoms with Gasteiger partial charge in [-0.1, -0.05) is 39.0 Å². The molecule has 1 saturated heterocycles. The zero-order valence-electron chi connectivity index (χ0n) is 15.1. The molecular formula is C19H31N3O2. The van der Waals surface area contributed by atoms with Crippen molar-refractivity contribution in [3.63, 3.8) is 0 Å². The number of piperidine rings is 1. The lowest BCUT2D eigenvalue weighted by atomic mass is 9.85. The number of amides is 2. The number of anilines is 1. The molecule has 3 N–H and O–H groups in total. The molecule has 1 aromatic rings. The van der Waals surface area contributed by atoms with Gasteiger partial charge in [0.25, 0.3) is 0 Å². The molecule has 5 heteroatoms.